The van der Waals surface area contributed by atoms with Gasteiger partial charge in [0.15, 0.2) is 4.75 Å². The minimum absolute atomic E-state index is 0.00439. The predicted octanol–water partition coefficient (Wildman–Crippen LogP) is 5.89. The summed E-state index contributed by atoms with van der Waals surface area (Å²) in [5, 5.41) is 19.5. The first-order valence-corrected chi connectivity index (χ1v) is 10.9. The molecule has 0 aliphatic rings. The average molecular weight is 494 g/mol. The Morgan fingerprint density at radius 3 is 1.76 bits per heavy atom. The number of phenols is 2. The highest BCUT2D eigenvalue weighted by Crippen LogP contribution is 2.53. The van der Waals surface area contributed by atoms with Crippen molar-refractivity contribution < 1.29 is 23.2 Å². The zero-order chi connectivity index (χ0) is 21.6. The molecule has 0 radical (unpaired) electrons. The van der Waals surface area contributed by atoms with E-state index in [4.69, 9.17) is 46.4 Å². The molecule has 3 N–H and O–H groups in total. The maximum absolute atomic E-state index is 13.0. The third kappa shape index (κ3) is 3.54. The van der Waals surface area contributed by atoms with E-state index in [1.165, 1.54) is 42.5 Å². The van der Waals surface area contributed by atoms with Crippen molar-refractivity contribution in [2.45, 2.75) is 4.75 Å². The Labute approximate surface area is 186 Å². The Morgan fingerprint density at radius 2 is 1.28 bits per heavy atom. The number of benzene rings is 3. The monoisotopic (exact) mass is 492 g/mol. The minimum atomic E-state index is -5.09. The second kappa shape index (κ2) is 7.87. The van der Waals surface area contributed by atoms with Crippen LogP contribution in [0, 0.1) is 0 Å². The molecule has 0 bridgehead atoms. The van der Waals surface area contributed by atoms with Crippen LogP contribution in [0.4, 0.5) is 0 Å². The molecule has 1 unspecified atom stereocenters. The normalized spacial score (nSPS) is 13.8. The van der Waals surface area contributed by atoms with Crippen LogP contribution in [0.2, 0.25) is 20.1 Å². The molecule has 0 spiro atoms. The first-order valence-electron chi connectivity index (χ1n) is 7.90. The molecule has 152 valence electrons. The zero-order valence-electron chi connectivity index (χ0n) is 14.3. The Morgan fingerprint density at radius 1 is 0.724 bits per heavy atom. The number of hydrogen-bond donors (Lipinski definition) is 3. The number of aromatic hydroxyl groups is 2. The van der Waals surface area contributed by atoms with Crippen molar-refractivity contribution in [1.82, 2.24) is 0 Å². The summed E-state index contributed by atoms with van der Waals surface area (Å²) in [6, 6.07) is 12.3. The number of rotatable bonds is 4. The van der Waals surface area contributed by atoms with Crippen molar-refractivity contribution in [3.8, 4) is 11.5 Å². The Bertz CT molecular complexity index is 1170. The summed E-state index contributed by atoms with van der Waals surface area (Å²) in [6.45, 7) is 0. The standard InChI is InChI=1S/C19H12Cl4O5S/c20-12-7-6-11(8-13(12)21)19(29(26,27)28,10-4-2-1-3-5-10)16-17(22)14(24)9-15(25)18(16)23/h1-9,24-25H,(H,26,27,28). The van der Waals surface area contributed by atoms with E-state index in [0.717, 1.165) is 6.07 Å². The van der Waals surface area contributed by atoms with Gasteiger partial charge in [-0.25, -0.2) is 0 Å². The summed E-state index contributed by atoms with van der Waals surface area (Å²) >= 11 is 24.6. The van der Waals surface area contributed by atoms with Crippen LogP contribution in [0.3, 0.4) is 0 Å². The van der Waals surface area contributed by atoms with Crippen LogP contribution >= 0.6 is 46.4 Å². The van der Waals surface area contributed by atoms with Gasteiger partial charge in [0.25, 0.3) is 10.1 Å². The Kier molecular flexibility index (Phi) is 5.98. The summed E-state index contributed by atoms with van der Waals surface area (Å²) in [7, 11) is -5.09. The van der Waals surface area contributed by atoms with Crippen molar-refractivity contribution in [2.75, 3.05) is 0 Å². The highest BCUT2D eigenvalue weighted by molar-refractivity contribution is 7.87. The van der Waals surface area contributed by atoms with Crippen LogP contribution in [0.5, 0.6) is 11.5 Å². The summed E-state index contributed by atoms with van der Waals surface area (Å²) in [5.74, 6) is -1.26. The van der Waals surface area contributed by atoms with Crippen LogP contribution in [-0.4, -0.2) is 23.2 Å². The molecule has 0 saturated heterocycles. The third-order valence-electron chi connectivity index (χ3n) is 4.41. The van der Waals surface area contributed by atoms with Crippen LogP contribution < -0.4 is 0 Å². The fraction of sp³-hybridized carbons (Fsp3) is 0.0526. The van der Waals surface area contributed by atoms with E-state index < -0.39 is 42.0 Å². The molecule has 3 aromatic carbocycles. The fourth-order valence-electron chi connectivity index (χ4n) is 3.19. The Balaban J connectivity index is 2.64. The Hall–Kier alpha value is -1.67. The largest absolute Gasteiger partial charge is 0.506 e. The molecule has 0 amide bonds. The molecular formula is C19H12Cl4O5S. The van der Waals surface area contributed by atoms with Crippen molar-refractivity contribution in [3.05, 3.63) is 91.4 Å². The zero-order valence-corrected chi connectivity index (χ0v) is 18.1. The molecule has 0 aliphatic heterocycles. The van der Waals surface area contributed by atoms with Gasteiger partial charge in [-0.05, 0) is 23.3 Å². The van der Waals surface area contributed by atoms with Crippen molar-refractivity contribution in [3.63, 3.8) is 0 Å². The molecular weight excluding hydrogens is 482 g/mol. The van der Waals surface area contributed by atoms with Gasteiger partial charge in [-0.3, -0.25) is 4.55 Å². The number of phenolic OH excluding ortho intramolecular Hbond substituents is 2. The maximum atomic E-state index is 13.0. The molecule has 1 atom stereocenters. The van der Waals surface area contributed by atoms with Gasteiger partial charge in [-0.15, -0.1) is 0 Å². The van der Waals surface area contributed by atoms with Gasteiger partial charge >= 0.3 is 0 Å². The maximum Gasteiger partial charge on any atom is 0.283 e. The van der Waals surface area contributed by atoms with Gasteiger partial charge < -0.3 is 10.2 Å². The average Bonchev–Trinajstić information content (AvgIpc) is 2.65. The minimum Gasteiger partial charge on any atom is -0.506 e. The van der Waals surface area contributed by atoms with Gasteiger partial charge in [0.2, 0.25) is 0 Å². The predicted molar refractivity (Wildman–Crippen MR) is 114 cm³/mol. The number of halogens is 4. The third-order valence-corrected chi connectivity index (χ3v) is 7.36. The highest BCUT2D eigenvalue weighted by Gasteiger charge is 2.52. The summed E-state index contributed by atoms with van der Waals surface area (Å²) in [6.07, 6.45) is 0. The SMILES string of the molecule is O=S(=O)(O)C(c1ccccc1)(c1ccc(Cl)c(Cl)c1)c1c(Cl)c(O)cc(O)c1Cl. The van der Waals surface area contributed by atoms with Gasteiger partial charge in [0.05, 0.1) is 20.1 Å². The molecule has 10 heteroatoms. The molecule has 0 aromatic heterocycles. The summed E-state index contributed by atoms with van der Waals surface area (Å²) < 4.78 is 34.0. The van der Waals surface area contributed by atoms with Crippen LogP contribution in [-0.2, 0) is 14.9 Å². The molecule has 0 heterocycles. The van der Waals surface area contributed by atoms with E-state index in [9.17, 15) is 23.2 Å². The van der Waals surface area contributed by atoms with Gasteiger partial charge in [0.1, 0.15) is 11.5 Å². The topological polar surface area (TPSA) is 94.8 Å². The van der Waals surface area contributed by atoms with Gasteiger partial charge in [-0.2, -0.15) is 8.42 Å². The summed E-state index contributed by atoms with van der Waals surface area (Å²) in [4.78, 5) is 0. The molecule has 0 aliphatic carbocycles. The van der Waals surface area contributed by atoms with Crippen LogP contribution in [0.1, 0.15) is 16.7 Å². The first-order chi connectivity index (χ1) is 13.5. The van der Waals surface area contributed by atoms with Crippen molar-refractivity contribution >= 4 is 56.5 Å². The van der Waals surface area contributed by atoms with E-state index in [1.54, 1.807) is 6.07 Å². The van der Waals surface area contributed by atoms with E-state index >= 15 is 0 Å². The quantitative estimate of drug-likeness (QED) is 0.311. The van der Waals surface area contributed by atoms with Gasteiger partial charge in [-0.1, -0.05) is 82.8 Å². The molecule has 0 fully saturated rings. The van der Waals surface area contributed by atoms with Crippen LogP contribution in [0.15, 0.2) is 54.6 Å². The second-order valence-electron chi connectivity index (χ2n) is 6.07. The number of hydrogen-bond acceptors (Lipinski definition) is 4. The summed E-state index contributed by atoms with van der Waals surface area (Å²) in [5.41, 5.74) is -0.463. The van der Waals surface area contributed by atoms with E-state index in [-0.39, 0.29) is 21.2 Å². The molecule has 3 aromatic rings. The molecule has 5 nitrogen and oxygen atoms in total. The highest BCUT2D eigenvalue weighted by atomic mass is 35.5. The first kappa shape index (κ1) is 22.0. The lowest BCUT2D eigenvalue weighted by atomic mass is 9.83. The second-order valence-corrected chi connectivity index (χ2v) is 9.20. The van der Waals surface area contributed by atoms with Crippen molar-refractivity contribution in [1.29, 1.82) is 0 Å². The smallest absolute Gasteiger partial charge is 0.283 e. The molecule has 3 rings (SSSR count). The van der Waals surface area contributed by atoms with E-state index in [2.05, 4.69) is 0 Å². The fourth-order valence-corrected chi connectivity index (χ4v) is 5.55. The van der Waals surface area contributed by atoms with Gasteiger partial charge in [0, 0.05) is 11.6 Å². The van der Waals surface area contributed by atoms with Crippen molar-refractivity contribution in [2.24, 2.45) is 0 Å². The molecule has 29 heavy (non-hydrogen) atoms. The molecule has 0 saturated carbocycles. The lowest BCUT2D eigenvalue weighted by Crippen LogP contribution is -2.39. The van der Waals surface area contributed by atoms with Crippen LogP contribution in [0.25, 0.3) is 0 Å². The van der Waals surface area contributed by atoms with E-state index in [0.29, 0.717) is 0 Å². The lowest BCUT2D eigenvalue weighted by Gasteiger charge is -2.34. The lowest BCUT2D eigenvalue weighted by molar-refractivity contribution is 0.444. The van der Waals surface area contributed by atoms with E-state index in [1.807, 2.05) is 0 Å².